The highest BCUT2D eigenvalue weighted by molar-refractivity contribution is 7.92. The number of benzene rings is 2. The molecule has 1 aliphatic heterocycles. The van der Waals surface area contributed by atoms with Crippen LogP contribution in [0.4, 0.5) is 5.69 Å². The van der Waals surface area contributed by atoms with E-state index in [1.807, 2.05) is 0 Å². The van der Waals surface area contributed by atoms with Crippen LogP contribution in [-0.2, 0) is 20.0 Å². The van der Waals surface area contributed by atoms with Gasteiger partial charge in [0.1, 0.15) is 16.4 Å². The third-order valence-corrected chi connectivity index (χ3v) is 8.48. The molecule has 1 heterocycles. The minimum absolute atomic E-state index is 0.0993. The first kappa shape index (κ1) is 22.4. The molecule has 2 aromatic carbocycles. The van der Waals surface area contributed by atoms with Crippen LogP contribution >= 0.6 is 0 Å². The highest BCUT2D eigenvalue weighted by Gasteiger charge is 2.28. The first-order valence-electron chi connectivity index (χ1n) is 9.54. The molecule has 8 nitrogen and oxygen atoms in total. The summed E-state index contributed by atoms with van der Waals surface area (Å²) in [5.74, 6) is 0.505. The number of methoxy groups -OCH3 is 2. The molecule has 0 aliphatic carbocycles. The largest absolute Gasteiger partial charge is 0.497 e. The number of nitrogens with one attached hydrogen (secondary N) is 1. The Hall–Kier alpha value is -2.30. The number of piperidine rings is 1. The third kappa shape index (κ3) is 4.55. The van der Waals surface area contributed by atoms with Crippen molar-refractivity contribution in [3.05, 3.63) is 42.0 Å². The van der Waals surface area contributed by atoms with E-state index in [4.69, 9.17) is 9.47 Å². The molecule has 0 unspecified atom stereocenters. The summed E-state index contributed by atoms with van der Waals surface area (Å²) in [4.78, 5) is -0.00688. The van der Waals surface area contributed by atoms with E-state index < -0.39 is 20.0 Å². The summed E-state index contributed by atoms with van der Waals surface area (Å²) in [5.41, 5.74) is 0.712. The molecule has 3 rings (SSSR count). The summed E-state index contributed by atoms with van der Waals surface area (Å²) in [6.07, 6.45) is 2.65. The number of anilines is 1. The third-order valence-electron chi connectivity index (χ3n) is 5.03. The van der Waals surface area contributed by atoms with Crippen molar-refractivity contribution in [1.82, 2.24) is 4.31 Å². The smallest absolute Gasteiger partial charge is 0.265 e. The summed E-state index contributed by atoms with van der Waals surface area (Å²) in [6, 6.07) is 8.93. The van der Waals surface area contributed by atoms with E-state index in [-0.39, 0.29) is 21.2 Å². The summed E-state index contributed by atoms with van der Waals surface area (Å²) in [6.45, 7) is 2.64. The zero-order valence-electron chi connectivity index (χ0n) is 17.2. The Kier molecular flexibility index (Phi) is 6.59. The van der Waals surface area contributed by atoms with Crippen LogP contribution in [0.2, 0.25) is 0 Å². The van der Waals surface area contributed by atoms with Gasteiger partial charge < -0.3 is 9.47 Å². The molecule has 0 amide bonds. The molecular formula is C20H26N2O6S2. The molecule has 30 heavy (non-hydrogen) atoms. The van der Waals surface area contributed by atoms with Gasteiger partial charge in [0, 0.05) is 19.2 Å². The Labute approximate surface area is 177 Å². The second-order valence-corrected chi connectivity index (χ2v) is 10.6. The quantitative estimate of drug-likeness (QED) is 0.690. The van der Waals surface area contributed by atoms with E-state index in [1.54, 1.807) is 19.1 Å². The van der Waals surface area contributed by atoms with Gasteiger partial charge in [-0.25, -0.2) is 16.8 Å². The maximum atomic E-state index is 13.1. The Bertz CT molecular complexity index is 1120. The van der Waals surface area contributed by atoms with E-state index >= 15 is 0 Å². The van der Waals surface area contributed by atoms with E-state index in [2.05, 4.69) is 4.72 Å². The van der Waals surface area contributed by atoms with Crippen LogP contribution in [0.25, 0.3) is 0 Å². The van der Waals surface area contributed by atoms with Crippen LogP contribution in [0.1, 0.15) is 24.8 Å². The van der Waals surface area contributed by atoms with Gasteiger partial charge in [-0.15, -0.1) is 0 Å². The lowest BCUT2D eigenvalue weighted by molar-refractivity contribution is 0.346. The monoisotopic (exact) mass is 454 g/mol. The predicted molar refractivity (Wildman–Crippen MR) is 114 cm³/mol. The second-order valence-electron chi connectivity index (χ2n) is 7.07. The zero-order valence-corrected chi connectivity index (χ0v) is 18.8. The van der Waals surface area contributed by atoms with Crippen molar-refractivity contribution in [1.29, 1.82) is 0 Å². The summed E-state index contributed by atoms with van der Waals surface area (Å²) >= 11 is 0. The lowest BCUT2D eigenvalue weighted by Crippen LogP contribution is -2.36. The lowest BCUT2D eigenvalue weighted by Gasteiger charge is -2.26. The van der Waals surface area contributed by atoms with Crippen molar-refractivity contribution < 1.29 is 26.3 Å². The van der Waals surface area contributed by atoms with Gasteiger partial charge in [-0.05, 0) is 49.6 Å². The molecule has 164 valence electrons. The maximum absolute atomic E-state index is 13.1. The molecule has 0 saturated carbocycles. The molecule has 0 radical (unpaired) electrons. The van der Waals surface area contributed by atoms with Gasteiger partial charge >= 0.3 is 0 Å². The molecule has 1 fully saturated rings. The normalized spacial score (nSPS) is 15.6. The fourth-order valence-electron chi connectivity index (χ4n) is 3.39. The highest BCUT2D eigenvalue weighted by Crippen LogP contribution is 2.31. The van der Waals surface area contributed by atoms with Crippen LogP contribution in [0.3, 0.4) is 0 Å². The van der Waals surface area contributed by atoms with Crippen molar-refractivity contribution in [3.63, 3.8) is 0 Å². The van der Waals surface area contributed by atoms with Gasteiger partial charge in [0.15, 0.2) is 0 Å². The molecule has 1 N–H and O–H groups in total. The molecule has 0 spiro atoms. The minimum Gasteiger partial charge on any atom is -0.497 e. The SMILES string of the molecule is COc1ccc(OC)c(S(=O)(=O)Nc2ccc(C)c(S(=O)(=O)N3CCCCC3)c2)c1. The van der Waals surface area contributed by atoms with Gasteiger partial charge in [-0.2, -0.15) is 4.31 Å². The molecule has 2 aromatic rings. The fraction of sp³-hybridized carbons (Fsp3) is 0.400. The van der Waals surface area contributed by atoms with Crippen LogP contribution < -0.4 is 14.2 Å². The Morgan fingerprint density at radius 3 is 2.20 bits per heavy atom. The zero-order chi connectivity index (χ0) is 21.9. The maximum Gasteiger partial charge on any atom is 0.265 e. The van der Waals surface area contributed by atoms with Crippen molar-refractivity contribution in [3.8, 4) is 11.5 Å². The van der Waals surface area contributed by atoms with Gasteiger partial charge in [0.25, 0.3) is 10.0 Å². The van der Waals surface area contributed by atoms with Crippen molar-refractivity contribution in [2.75, 3.05) is 32.0 Å². The average molecular weight is 455 g/mol. The van der Waals surface area contributed by atoms with Crippen molar-refractivity contribution in [2.45, 2.75) is 36.0 Å². The summed E-state index contributed by atoms with van der Waals surface area (Å²) in [5, 5.41) is 0. The first-order valence-corrected chi connectivity index (χ1v) is 12.5. The summed E-state index contributed by atoms with van der Waals surface area (Å²) < 4.78 is 66.4. The molecule has 10 heteroatoms. The molecule has 1 saturated heterocycles. The lowest BCUT2D eigenvalue weighted by atomic mass is 10.2. The topological polar surface area (TPSA) is 102 Å². The van der Waals surface area contributed by atoms with Crippen molar-refractivity contribution >= 4 is 25.7 Å². The molecule has 0 atom stereocenters. The van der Waals surface area contributed by atoms with E-state index in [1.165, 1.54) is 42.8 Å². The molecule has 0 aromatic heterocycles. The fourth-order valence-corrected chi connectivity index (χ4v) is 6.39. The first-order chi connectivity index (χ1) is 14.2. The number of nitrogens with zero attached hydrogens (tertiary/aromatic N) is 1. The van der Waals surface area contributed by atoms with Crippen LogP contribution in [0.15, 0.2) is 46.2 Å². The Balaban J connectivity index is 1.97. The number of sulfonamides is 2. The number of aryl methyl sites for hydroxylation is 1. The minimum atomic E-state index is -4.05. The van der Waals surface area contributed by atoms with Crippen LogP contribution in [0, 0.1) is 6.92 Å². The number of ether oxygens (including phenoxy) is 2. The van der Waals surface area contributed by atoms with Gasteiger partial charge in [0.05, 0.1) is 24.8 Å². The number of rotatable bonds is 7. The average Bonchev–Trinajstić information content (AvgIpc) is 2.75. The van der Waals surface area contributed by atoms with E-state index in [0.29, 0.717) is 24.4 Å². The van der Waals surface area contributed by atoms with Gasteiger partial charge in [-0.3, -0.25) is 4.72 Å². The molecular weight excluding hydrogens is 428 g/mol. The summed E-state index contributed by atoms with van der Waals surface area (Å²) in [7, 11) is -4.95. The van der Waals surface area contributed by atoms with E-state index in [0.717, 1.165) is 19.3 Å². The second kappa shape index (κ2) is 8.83. The number of hydrogen-bond donors (Lipinski definition) is 1. The van der Waals surface area contributed by atoms with Gasteiger partial charge in [-0.1, -0.05) is 12.5 Å². The van der Waals surface area contributed by atoms with Crippen molar-refractivity contribution in [2.24, 2.45) is 0 Å². The molecule has 1 aliphatic rings. The van der Waals surface area contributed by atoms with Crippen LogP contribution in [-0.4, -0.2) is 48.4 Å². The predicted octanol–water partition coefficient (Wildman–Crippen LogP) is 2.99. The highest BCUT2D eigenvalue weighted by atomic mass is 32.2. The molecule has 0 bridgehead atoms. The Morgan fingerprint density at radius 2 is 1.57 bits per heavy atom. The Morgan fingerprint density at radius 1 is 0.867 bits per heavy atom. The van der Waals surface area contributed by atoms with Gasteiger partial charge in [0.2, 0.25) is 10.0 Å². The number of hydrogen-bond acceptors (Lipinski definition) is 6. The standard InChI is InChI=1S/C20H26N2O6S2/c1-15-7-8-16(13-19(15)30(25,26)22-11-5-4-6-12-22)21-29(23,24)20-14-17(27-2)9-10-18(20)28-3/h7-10,13-14,21H,4-6,11-12H2,1-3H3. The van der Waals surface area contributed by atoms with E-state index in [9.17, 15) is 16.8 Å². The van der Waals surface area contributed by atoms with Crippen LogP contribution in [0.5, 0.6) is 11.5 Å².